The first-order valence-corrected chi connectivity index (χ1v) is 6.99. The number of nitrogens with zero attached hydrogens (tertiary/aromatic N) is 1. The number of halogens is 4. The molecule has 0 aliphatic heterocycles. The van der Waals surface area contributed by atoms with Gasteiger partial charge in [0, 0.05) is 34.9 Å². The number of anilines is 1. The van der Waals surface area contributed by atoms with E-state index in [-0.39, 0.29) is 12.5 Å². The molecule has 8 heteroatoms. The minimum absolute atomic E-state index is 0.0413. The van der Waals surface area contributed by atoms with Gasteiger partial charge in [0.2, 0.25) is 11.8 Å². The van der Waals surface area contributed by atoms with E-state index in [1.165, 1.54) is 12.1 Å². The molecule has 0 radical (unpaired) electrons. The van der Waals surface area contributed by atoms with E-state index in [1.807, 2.05) is 18.2 Å². The largest absolute Gasteiger partial charge is 0.574 e. The number of ether oxygens (including phenoxy) is 2. The highest BCUT2D eigenvalue weighted by molar-refractivity contribution is 9.10. The predicted molar refractivity (Wildman–Crippen MR) is 78.9 cm³/mol. The SMILES string of the molecule is CNc1cccc(Br)c1COc1cccc(OC(F)(F)F)n1. The van der Waals surface area contributed by atoms with Crippen molar-refractivity contribution in [1.29, 1.82) is 0 Å². The summed E-state index contributed by atoms with van der Waals surface area (Å²) in [6.45, 7) is 0.139. The number of hydrogen-bond acceptors (Lipinski definition) is 4. The summed E-state index contributed by atoms with van der Waals surface area (Å²) in [6, 6.07) is 9.51. The summed E-state index contributed by atoms with van der Waals surface area (Å²) >= 11 is 3.40. The molecule has 0 saturated carbocycles. The number of hydrogen-bond donors (Lipinski definition) is 1. The number of alkyl halides is 3. The molecule has 1 heterocycles. The van der Waals surface area contributed by atoms with E-state index in [2.05, 4.69) is 31.0 Å². The minimum atomic E-state index is -4.78. The van der Waals surface area contributed by atoms with Gasteiger partial charge in [0.05, 0.1) is 0 Å². The van der Waals surface area contributed by atoms with Crippen molar-refractivity contribution in [2.45, 2.75) is 13.0 Å². The Morgan fingerprint density at radius 3 is 2.50 bits per heavy atom. The van der Waals surface area contributed by atoms with E-state index in [1.54, 1.807) is 7.05 Å². The minimum Gasteiger partial charge on any atom is -0.473 e. The molecule has 0 amide bonds. The summed E-state index contributed by atoms with van der Waals surface area (Å²) in [6.07, 6.45) is -4.78. The van der Waals surface area contributed by atoms with E-state index in [0.717, 1.165) is 21.8 Å². The van der Waals surface area contributed by atoms with Crippen LogP contribution in [0.4, 0.5) is 18.9 Å². The molecule has 2 rings (SSSR count). The average molecular weight is 377 g/mol. The summed E-state index contributed by atoms with van der Waals surface area (Å²) in [7, 11) is 1.77. The molecule has 0 atom stereocenters. The highest BCUT2D eigenvalue weighted by Crippen LogP contribution is 2.27. The molecule has 0 spiro atoms. The van der Waals surface area contributed by atoms with E-state index < -0.39 is 12.2 Å². The number of rotatable bonds is 5. The summed E-state index contributed by atoms with van der Waals surface area (Å²) in [5, 5.41) is 3.01. The Morgan fingerprint density at radius 1 is 1.14 bits per heavy atom. The summed E-state index contributed by atoms with van der Waals surface area (Å²) < 4.78 is 46.5. The zero-order valence-electron chi connectivity index (χ0n) is 11.4. The fraction of sp³-hybridized carbons (Fsp3) is 0.214. The molecular weight excluding hydrogens is 365 g/mol. The van der Waals surface area contributed by atoms with Gasteiger partial charge < -0.3 is 14.8 Å². The monoisotopic (exact) mass is 376 g/mol. The maximum Gasteiger partial charge on any atom is 0.574 e. The standard InChI is InChI=1S/C14H12BrF3N2O2/c1-19-11-5-2-4-10(15)9(11)8-21-12-6-3-7-13(20-12)22-14(16,17)18/h2-7,19H,8H2,1H3. The lowest BCUT2D eigenvalue weighted by atomic mass is 10.2. The Bertz CT molecular complexity index is 650. The second-order valence-corrected chi connectivity index (χ2v) is 5.02. The molecule has 0 aliphatic rings. The molecule has 0 unspecified atom stereocenters. The van der Waals surface area contributed by atoms with Crippen molar-refractivity contribution in [3.05, 3.63) is 46.4 Å². The molecule has 0 saturated heterocycles. The van der Waals surface area contributed by atoms with Gasteiger partial charge in [-0.3, -0.25) is 0 Å². The highest BCUT2D eigenvalue weighted by Gasteiger charge is 2.31. The molecule has 1 aromatic heterocycles. The van der Waals surface area contributed by atoms with Gasteiger partial charge >= 0.3 is 6.36 Å². The fourth-order valence-electron chi connectivity index (χ4n) is 1.74. The average Bonchev–Trinajstić information content (AvgIpc) is 2.44. The Hall–Kier alpha value is -1.96. The van der Waals surface area contributed by atoms with Gasteiger partial charge in [0.1, 0.15) is 6.61 Å². The van der Waals surface area contributed by atoms with Crippen molar-refractivity contribution < 1.29 is 22.6 Å². The predicted octanol–water partition coefficient (Wildman–Crippen LogP) is 4.36. The number of aromatic nitrogens is 1. The third-order valence-electron chi connectivity index (χ3n) is 2.67. The lowest BCUT2D eigenvalue weighted by Gasteiger charge is -2.13. The van der Waals surface area contributed by atoms with Gasteiger partial charge in [-0.05, 0) is 12.1 Å². The van der Waals surface area contributed by atoms with Crippen LogP contribution in [0, 0.1) is 0 Å². The first-order chi connectivity index (χ1) is 10.4. The van der Waals surface area contributed by atoms with Crippen LogP contribution in [0.1, 0.15) is 5.56 Å². The van der Waals surface area contributed by atoms with Gasteiger partial charge in [-0.15, -0.1) is 13.2 Å². The van der Waals surface area contributed by atoms with Gasteiger partial charge in [0.25, 0.3) is 0 Å². The molecule has 0 bridgehead atoms. The van der Waals surface area contributed by atoms with Crippen LogP contribution in [-0.2, 0) is 6.61 Å². The maximum atomic E-state index is 12.2. The number of benzene rings is 1. The van der Waals surface area contributed by atoms with Crippen molar-refractivity contribution >= 4 is 21.6 Å². The van der Waals surface area contributed by atoms with Gasteiger partial charge in [-0.1, -0.05) is 28.1 Å². The van der Waals surface area contributed by atoms with E-state index >= 15 is 0 Å². The van der Waals surface area contributed by atoms with E-state index in [0.29, 0.717) is 0 Å². The van der Waals surface area contributed by atoms with E-state index in [4.69, 9.17) is 4.74 Å². The first-order valence-electron chi connectivity index (χ1n) is 6.20. The van der Waals surface area contributed by atoms with Crippen LogP contribution in [0.5, 0.6) is 11.8 Å². The Balaban J connectivity index is 2.11. The molecule has 118 valence electrons. The fourth-order valence-corrected chi connectivity index (χ4v) is 2.22. The number of pyridine rings is 1. The maximum absolute atomic E-state index is 12.2. The lowest BCUT2D eigenvalue weighted by Crippen LogP contribution is -2.18. The Kier molecular flexibility index (Phi) is 5.12. The zero-order chi connectivity index (χ0) is 16.2. The summed E-state index contributed by atoms with van der Waals surface area (Å²) in [5.41, 5.74) is 1.67. The van der Waals surface area contributed by atoms with Crippen molar-refractivity contribution in [2.24, 2.45) is 0 Å². The second-order valence-electron chi connectivity index (χ2n) is 4.17. The van der Waals surface area contributed by atoms with Crippen LogP contribution >= 0.6 is 15.9 Å². The molecule has 4 nitrogen and oxygen atoms in total. The third-order valence-corrected chi connectivity index (χ3v) is 3.41. The Labute approximate surface area is 133 Å². The van der Waals surface area contributed by atoms with Crippen molar-refractivity contribution in [2.75, 3.05) is 12.4 Å². The molecular formula is C14H12BrF3N2O2. The molecule has 1 N–H and O–H groups in total. The molecule has 22 heavy (non-hydrogen) atoms. The van der Waals surface area contributed by atoms with Crippen molar-refractivity contribution in [3.63, 3.8) is 0 Å². The third kappa shape index (κ3) is 4.52. The summed E-state index contributed by atoms with van der Waals surface area (Å²) in [5.74, 6) is -0.523. The van der Waals surface area contributed by atoms with Crippen LogP contribution in [0.3, 0.4) is 0 Å². The normalized spacial score (nSPS) is 11.1. The summed E-state index contributed by atoms with van der Waals surface area (Å²) in [4.78, 5) is 3.66. The van der Waals surface area contributed by atoms with Gasteiger partial charge in [0.15, 0.2) is 0 Å². The van der Waals surface area contributed by atoms with Crippen molar-refractivity contribution in [3.8, 4) is 11.8 Å². The topological polar surface area (TPSA) is 43.4 Å². The van der Waals surface area contributed by atoms with Crippen LogP contribution in [0.25, 0.3) is 0 Å². The molecule has 2 aromatic rings. The van der Waals surface area contributed by atoms with Crippen LogP contribution in [0.15, 0.2) is 40.9 Å². The molecule has 0 fully saturated rings. The van der Waals surface area contributed by atoms with Crippen LogP contribution < -0.4 is 14.8 Å². The smallest absolute Gasteiger partial charge is 0.473 e. The van der Waals surface area contributed by atoms with Gasteiger partial charge in [-0.25, -0.2) is 0 Å². The van der Waals surface area contributed by atoms with Crippen LogP contribution in [-0.4, -0.2) is 18.4 Å². The number of nitrogens with one attached hydrogen (secondary N) is 1. The molecule has 0 aliphatic carbocycles. The quantitative estimate of drug-likeness (QED) is 0.841. The van der Waals surface area contributed by atoms with Crippen LogP contribution in [0.2, 0.25) is 0 Å². The lowest BCUT2D eigenvalue weighted by molar-refractivity contribution is -0.276. The zero-order valence-corrected chi connectivity index (χ0v) is 13.0. The highest BCUT2D eigenvalue weighted by atomic mass is 79.9. The Morgan fingerprint density at radius 2 is 1.82 bits per heavy atom. The molecule has 1 aromatic carbocycles. The van der Waals surface area contributed by atoms with E-state index in [9.17, 15) is 13.2 Å². The van der Waals surface area contributed by atoms with Crippen molar-refractivity contribution in [1.82, 2.24) is 4.98 Å². The van der Waals surface area contributed by atoms with Gasteiger partial charge in [-0.2, -0.15) is 4.98 Å². The first kappa shape index (κ1) is 16.4. The second kappa shape index (κ2) is 6.87.